The van der Waals surface area contributed by atoms with Crippen molar-refractivity contribution < 1.29 is 33.8 Å². The van der Waals surface area contributed by atoms with Crippen molar-refractivity contribution in [3.8, 4) is 0 Å². The SMILES string of the molecule is CCOC(=O)C1=C(N)OC2=C(C(=O)CC(C)(C)C2)[C@@]12C(=O)N(CC(=O)O)c1ccccc12. The van der Waals surface area contributed by atoms with E-state index in [4.69, 9.17) is 15.2 Å². The van der Waals surface area contributed by atoms with Crippen molar-refractivity contribution in [1.29, 1.82) is 0 Å². The quantitative estimate of drug-likeness (QED) is 0.676. The second kappa shape index (κ2) is 7.22. The van der Waals surface area contributed by atoms with Crippen LogP contribution < -0.4 is 10.6 Å². The highest BCUT2D eigenvalue weighted by molar-refractivity contribution is 6.24. The summed E-state index contributed by atoms with van der Waals surface area (Å²) in [5.74, 6) is -3.33. The average Bonchev–Trinajstić information content (AvgIpc) is 2.90. The van der Waals surface area contributed by atoms with E-state index in [1.807, 2.05) is 13.8 Å². The summed E-state index contributed by atoms with van der Waals surface area (Å²) in [5.41, 5.74) is 4.16. The number of rotatable bonds is 4. The largest absolute Gasteiger partial charge is 0.480 e. The van der Waals surface area contributed by atoms with Gasteiger partial charge in [0.15, 0.2) is 5.78 Å². The van der Waals surface area contributed by atoms with E-state index in [1.54, 1.807) is 31.2 Å². The summed E-state index contributed by atoms with van der Waals surface area (Å²) in [6, 6.07) is 6.49. The molecule has 3 N–H and O–H groups in total. The molecule has 9 nitrogen and oxygen atoms in total. The predicted molar refractivity (Wildman–Crippen MR) is 112 cm³/mol. The van der Waals surface area contributed by atoms with Gasteiger partial charge in [-0.2, -0.15) is 0 Å². The number of hydrogen-bond acceptors (Lipinski definition) is 7. The standard InChI is InChI=1S/C23H24N2O7/c1-4-31-20(29)18-19(24)32-15-10-22(2,3)9-14(26)17(15)23(18)12-7-5-6-8-13(12)25(21(23)30)11-16(27)28/h5-8H,4,9-11,24H2,1-3H3,(H,27,28)/t23-/m1/s1. The number of para-hydroxylation sites is 1. The van der Waals surface area contributed by atoms with Gasteiger partial charge < -0.3 is 20.3 Å². The zero-order valence-electron chi connectivity index (χ0n) is 18.1. The van der Waals surface area contributed by atoms with Gasteiger partial charge in [0, 0.05) is 24.1 Å². The Labute approximate surface area is 184 Å². The molecule has 2 heterocycles. The molecule has 0 radical (unpaired) electrons. The zero-order chi connectivity index (χ0) is 23.4. The topological polar surface area (TPSA) is 136 Å². The number of benzene rings is 1. The minimum absolute atomic E-state index is 0.00720. The zero-order valence-corrected chi connectivity index (χ0v) is 18.1. The summed E-state index contributed by atoms with van der Waals surface area (Å²) in [6.07, 6.45) is 0.447. The second-order valence-corrected chi connectivity index (χ2v) is 8.85. The Hall–Kier alpha value is -3.62. The van der Waals surface area contributed by atoms with Crippen molar-refractivity contribution >= 4 is 29.3 Å². The van der Waals surface area contributed by atoms with Gasteiger partial charge in [0.05, 0.1) is 12.2 Å². The molecular weight excluding hydrogens is 416 g/mol. The van der Waals surface area contributed by atoms with Gasteiger partial charge in [0.2, 0.25) is 11.8 Å². The van der Waals surface area contributed by atoms with E-state index in [1.165, 1.54) is 0 Å². The molecule has 9 heteroatoms. The van der Waals surface area contributed by atoms with Crippen LogP contribution in [-0.4, -0.2) is 41.9 Å². The van der Waals surface area contributed by atoms with Crippen molar-refractivity contribution in [2.24, 2.45) is 11.1 Å². The number of nitrogens with two attached hydrogens (primary N) is 1. The number of esters is 1. The number of carbonyl (C=O) groups is 4. The van der Waals surface area contributed by atoms with Gasteiger partial charge in [-0.25, -0.2) is 4.79 Å². The fraction of sp³-hybridized carbons (Fsp3) is 0.391. The molecule has 1 amide bonds. The van der Waals surface area contributed by atoms with E-state index >= 15 is 0 Å². The monoisotopic (exact) mass is 440 g/mol. The van der Waals surface area contributed by atoms with Crippen LogP contribution in [0.1, 0.15) is 39.2 Å². The summed E-state index contributed by atoms with van der Waals surface area (Å²) in [7, 11) is 0. The summed E-state index contributed by atoms with van der Waals surface area (Å²) >= 11 is 0. The Morgan fingerprint density at radius 2 is 1.91 bits per heavy atom. The van der Waals surface area contributed by atoms with Gasteiger partial charge in [0.1, 0.15) is 23.3 Å². The predicted octanol–water partition coefficient (Wildman–Crippen LogP) is 1.76. The van der Waals surface area contributed by atoms with E-state index in [-0.39, 0.29) is 41.6 Å². The summed E-state index contributed by atoms with van der Waals surface area (Å²) < 4.78 is 11.0. The molecule has 1 spiro atoms. The van der Waals surface area contributed by atoms with Crippen molar-refractivity contribution in [2.75, 3.05) is 18.1 Å². The Bertz CT molecular complexity index is 1130. The van der Waals surface area contributed by atoms with Crippen LogP contribution in [0.4, 0.5) is 5.69 Å². The molecule has 1 atom stereocenters. The number of amides is 1. The average molecular weight is 440 g/mol. The maximum Gasteiger partial charge on any atom is 0.341 e. The van der Waals surface area contributed by atoms with Crippen molar-refractivity contribution in [3.05, 3.63) is 52.6 Å². The highest BCUT2D eigenvalue weighted by Gasteiger charge is 2.64. The van der Waals surface area contributed by atoms with Crippen LogP contribution in [-0.2, 0) is 34.1 Å². The Balaban J connectivity index is 2.08. The number of Topliss-reactive ketones (excluding diaryl/α,β-unsaturated/α-hetero) is 1. The number of carboxylic acid groups (broad SMARTS) is 1. The molecule has 0 saturated carbocycles. The van der Waals surface area contributed by atoms with Gasteiger partial charge >= 0.3 is 11.9 Å². The number of carboxylic acids is 1. The van der Waals surface area contributed by atoms with Crippen molar-refractivity contribution in [2.45, 2.75) is 39.0 Å². The number of nitrogens with zero attached hydrogens (tertiary/aromatic N) is 1. The third-order valence-electron chi connectivity index (χ3n) is 6.00. The molecule has 0 saturated heterocycles. The van der Waals surface area contributed by atoms with Crippen LogP contribution in [0.2, 0.25) is 0 Å². The van der Waals surface area contributed by atoms with Gasteiger partial charge in [-0.1, -0.05) is 32.0 Å². The Kier molecular flexibility index (Phi) is 4.87. The van der Waals surface area contributed by atoms with Crippen LogP contribution in [0.5, 0.6) is 0 Å². The van der Waals surface area contributed by atoms with Gasteiger partial charge in [-0.3, -0.25) is 19.3 Å². The maximum atomic E-state index is 14.0. The van der Waals surface area contributed by atoms with Crippen LogP contribution in [0.25, 0.3) is 0 Å². The maximum absolute atomic E-state index is 14.0. The number of hydrogen-bond donors (Lipinski definition) is 2. The molecule has 0 fully saturated rings. The van der Waals surface area contributed by atoms with Crippen molar-refractivity contribution in [1.82, 2.24) is 0 Å². The molecule has 3 aliphatic rings. The summed E-state index contributed by atoms with van der Waals surface area (Å²) in [6.45, 7) is 4.76. The third-order valence-corrected chi connectivity index (χ3v) is 6.00. The highest BCUT2D eigenvalue weighted by atomic mass is 16.5. The normalized spacial score (nSPS) is 23.8. The first-order chi connectivity index (χ1) is 15.0. The molecule has 0 bridgehead atoms. The molecule has 1 aliphatic carbocycles. The van der Waals surface area contributed by atoms with Crippen LogP contribution in [0, 0.1) is 5.41 Å². The number of carbonyl (C=O) groups excluding carboxylic acids is 3. The lowest BCUT2D eigenvalue weighted by atomic mass is 9.62. The second-order valence-electron chi connectivity index (χ2n) is 8.85. The van der Waals surface area contributed by atoms with E-state index in [0.29, 0.717) is 17.7 Å². The van der Waals surface area contributed by atoms with Gasteiger partial charge in [-0.15, -0.1) is 0 Å². The lowest BCUT2D eigenvalue weighted by Crippen LogP contribution is -2.52. The molecule has 32 heavy (non-hydrogen) atoms. The lowest BCUT2D eigenvalue weighted by molar-refractivity contribution is -0.141. The molecule has 168 valence electrons. The van der Waals surface area contributed by atoms with E-state index < -0.39 is 35.2 Å². The number of fused-ring (bicyclic) bond motifs is 3. The van der Waals surface area contributed by atoms with E-state index in [9.17, 15) is 24.3 Å². The first-order valence-electron chi connectivity index (χ1n) is 10.3. The molecule has 4 rings (SSSR count). The van der Waals surface area contributed by atoms with E-state index in [2.05, 4.69) is 0 Å². The van der Waals surface area contributed by atoms with Gasteiger partial charge in [-0.05, 0) is 18.4 Å². The highest BCUT2D eigenvalue weighted by Crippen LogP contribution is 2.57. The van der Waals surface area contributed by atoms with Crippen LogP contribution in [0.3, 0.4) is 0 Å². The number of allylic oxidation sites excluding steroid dienone is 1. The van der Waals surface area contributed by atoms with Crippen molar-refractivity contribution in [3.63, 3.8) is 0 Å². The first kappa shape index (κ1) is 21.6. The van der Waals surface area contributed by atoms with E-state index in [0.717, 1.165) is 4.90 Å². The molecule has 2 aliphatic heterocycles. The number of ketones is 1. The smallest absolute Gasteiger partial charge is 0.341 e. The fourth-order valence-electron chi connectivity index (χ4n) is 4.95. The number of aliphatic carboxylic acids is 1. The third kappa shape index (κ3) is 2.91. The fourth-order valence-corrected chi connectivity index (χ4v) is 4.95. The molecule has 1 aromatic rings. The summed E-state index contributed by atoms with van der Waals surface area (Å²) in [4.78, 5) is 53.2. The summed E-state index contributed by atoms with van der Waals surface area (Å²) in [5, 5.41) is 9.44. The molecular formula is C23H24N2O7. The molecule has 1 aromatic carbocycles. The number of ether oxygens (including phenoxy) is 2. The molecule has 0 unspecified atom stereocenters. The minimum Gasteiger partial charge on any atom is -0.480 e. The first-order valence-corrected chi connectivity index (χ1v) is 10.3. The van der Waals surface area contributed by atoms with Crippen LogP contribution >= 0.6 is 0 Å². The Morgan fingerprint density at radius 3 is 2.56 bits per heavy atom. The minimum atomic E-state index is -1.93. The van der Waals surface area contributed by atoms with Gasteiger partial charge in [0.25, 0.3) is 0 Å². The van der Waals surface area contributed by atoms with Crippen LogP contribution in [0.15, 0.2) is 47.1 Å². The number of anilines is 1. The Morgan fingerprint density at radius 1 is 1.22 bits per heavy atom. The molecule has 0 aromatic heterocycles. The lowest BCUT2D eigenvalue weighted by Gasteiger charge is -2.42.